The lowest BCUT2D eigenvalue weighted by Crippen LogP contribution is -2.06. The van der Waals surface area contributed by atoms with E-state index in [2.05, 4.69) is 12.2 Å². The van der Waals surface area contributed by atoms with Crippen LogP contribution in [-0.4, -0.2) is 16.5 Å². The zero-order valence-electron chi connectivity index (χ0n) is 12.0. The molecule has 2 aliphatic carbocycles. The Bertz CT molecular complexity index is 643. The lowest BCUT2D eigenvalue weighted by Gasteiger charge is -2.12. The maximum Gasteiger partial charge on any atom is 0.138 e. The van der Waals surface area contributed by atoms with Gasteiger partial charge in [0.15, 0.2) is 0 Å². The first-order valence-electron chi connectivity index (χ1n) is 7.90. The van der Waals surface area contributed by atoms with E-state index in [0.717, 1.165) is 30.5 Å². The van der Waals surface area contributed by atoms with Crippen LogP contribution in [0, 0.1) is 5.92 Å². The highest BCUT2D eigenvalue weighted by Gasteiger charge is 2.25. The van der Waals surface area contributed by atoms with E-state index in [1.165, 1.54) is 54.3 Å². The van der Waals surface area contributed by atoms with Crippen LogP contribution in [0.15, 0.2) is 0 Å². The molecule has 20 heavy (non-hydrogen) atoms. The molecule has 1 fully saturated rings. The van der Waals surface area contributed by atoms with Crippen molar-refractivity contribution in [3.63, 3.8) is 0 Å². The van der Waals surface area contributed by atoms with Crippen molar-refractivity contribution in [2.45, 2.75) is 51.9 Å². The summed E-state index contributed by atoms with van der Waals surface area (Å²) in [4.78, 5) is 12.5. The summed E-state index contributed by atoms with van der Waals surface area (Å²) in [6, 6.07) is 0. The van der Waals surface area contributed by atoms with E-state index in [-0.39, 0.29) is 0 Å². The Morgan fingerprint density at radius 3 is 2.85 bits per heavy atom. The first-order valence-corrected chi connectivity index (χ1v) is 8.72. The lowest BCUT2D eigenvalue weighted by molar-refractivity contribution is 0.700. The summed E-state index contributed by atoms with van der Waals surface area (Å²) < 4.78 is 0. The number of fused-ring (bicyclic) bond motifs is 3. The van der Waals surface area contributed by atoms with Crippen LogP contribution in [0.25, 0.3) is 10.2 Å². The van der Waals surface area contributed by atoms with Gasteiger partial charge in [0, 0.05) is 17.8 Å². The predicted octanol–water partition coefficient (Wildman–Crippen LogP) is 3.95. The first kappa shape index (κ1) is 12.6. The molecule has 0 amide bonds. The van der Waals surface area contributed by atoms with Gasteiger partial charge in [0.05, 0.1) is 5.39 Å². The molecule has 4 heteroatoms. The molecule has 0 aromatic carbocycles. The molecule has 4 rings (SSSR count). The van der Waals surface area contributed by atoms with Crippen molar-refractivity contribution < 1.29 is 0 Å². The third-order valence-electron chi connectivity index (χ3n) is 4.37. The van der Waals surface area contributed by atoms with E-state index in [4.69, 9.17) is 9.97 Å². The van der Waals surface area contributed by atoms with Gasteiger partial charge in [-0.05, 0) is 56.9 Å². The normalized spacial score (nSPS) is 18.2. The van der Waals surface area contributed by atoms with Crippen molar-refractivity contribution in [2.75, 3.05) is 11.9 Å². The molecule has 2 heterocycles. The zero-order chi connectivity index (χ0) is 13.5. The molecule has 0 aliphatic heterocycles. The molecule has 1 N–H and O–H groups in total. The fourth-order valence-corrected chi connectivity index (χ4v) is 4.45. The second kappa shape index (κ2) is 4.99. The Morgan fingerprint density at radius 2 is 2.05 bits per heavy atom. The van der Waals surface area contributed by atoms with Gasteiger partial charge in [-0.3, -0.25) is 0 Å². The number of hydrogen-bond donors (Lipinski definition) is 1. The third-order valence-corrected chi connectivity index (χ3v) is 5.56. The fourth-order valence-electron chi connectivity index (χ4n) is 3.17. The standard InChI is InChI=1S/C16H21N3S/c1-2-17-15-14-11-5-3-4-6-12(11)20-16(14)19-13(18-15)9-10-7-8-10/h10H,2-9H2,1H3,(H,17,18,19). The van der Waals surface area contributed by atoms with E-state index in [1.54, 1.807) is 4.88 Å². The molecule has 1 saturated carbocycles. The number of hydrogen-bond acceptors (Lipinski definition) is 4. The van der Waals surface area contributed by atoms with Crippen molar-refractivity contribution in [3.05, 3.63) is 16.3 Å². The summed E-state index contributed by atoms with van der Waals surface area (Å²) in [6.07, 6.45) is 8.88. The minimum absolute atomic E-state index is 0.844. The summed E-state index contributed by atoms with van der Waals surface area (Å²) in [5, 5.41) is 4.80. The Kier molecular flexibility index (Phi) is 3.14. The molecule has 0 saturated heterocycles. The number of thiophene rings is 1. The van der Waals surface area contributed by atoms with E-state index in [0.29, 0.717) is 0 Å². The van der Waals surface area contributed by atoms with Gasteiger partial charge >= 0.3 is 0 Å². The minimum atomic E-state index is 0.844. The highest BCUT2D eigenvalue weighted by molar-refractivity contribution is 7.19. The molecule has 0 unspecified atom stereocenters. The number of nitrogens with one attached hydrogen (secondary N) is 1. The average Bonchev–Trinajstić information content (AvgIpc) is 3.17. The molecule has 2 aromatic rings. The van der Waals surface area contributed by atoms with Crippen LogP contribution < -0.4 is 5.32 Å². The topological polar surface area (TPSA) is 37.8 Å². The third kappa shape index (κ3) is 2.20. The quantitative estimate of drug-likeness (QED) is 0.925. The maximum absolute atomic E-state index is 4.87. The first-order chi connectivity index (χ1) is 9.85. The Balaban J connectivity index is 1.84. The van der Waals surface area contributed by atoms with Gasteiger partial charge in [-0.25, -0.2) is 9.97 Å². The number of aromatic nitrogens is 2. The van der Waals surface area contributed by atoms with Crippen molar-refractivity contribution in [3.8, 4) is 0 Å². The monoisotopic (exact) mass is 287 g/mol. The molecular weight excluding hydrogens is 266 g/mol. The smallest absolute Gasteiger partial charge is 0.138 e. The summed E-state index contributed by atoms with van der Waals surface area (Å²) in [6.45, 7) is 3.08. The molecule has 0 bridgehead atoms. The largest absolute Gasteiger partial charge is 0.370 e. The van der Waals surface area contributed by atoms with Crippen LogP contribution >= 0.6 is 11.3 Å². The SMILES string of the molecule is CCNc1nc(CC2CC2)nc2sc3c(c12)CCCC3. The van der Waals surface area contributed by atoms with Crippen molar-refractivity contribution in [2.24, 2.45) is 5.92 Å². The molecule has 106 valence electrons. The van der Waals surface area contributed by atoms with Crippen LogP contribution in [0.1, 0.15) is 48.9 Å². The number of rotatable bonds is 4. The molecule has 0 spiro atoms. The van der Waals surface area contributed by atoms with Gasteiger partial charge in [0.25, 0.3) is 0 Å². The molecular formula is C16H21N3S. The van der Waals surface area contributed by atoms with Gasteiger partial charge in [-0.15, -0.1) is 11.3 Å². The van der Waals surface area contributed by atoms with Crippen LogP contribution in [0.5, 0.6) is 0 Å². The highest BCUT2D eigenvalue weighted by atomic mass is 32.1. The van der Waals surface area contributed by atoms with E-state index < -0.39 is 0 Å². The molecule has 0 radical (unpaired) electrons. The fraction of sp³-hybridized carbons (Fsp3) is 0.625. The Morgan fingerprint density at radius 1 is 1.20 bits per heavy atom. The summed E-state index contributed by atoms with van der Waals surface area (Å²) in [7, 11) is 0. The lowest BCUT2D eigenvalue weighted by atomic mass is 9.97. The predicted molar refractivity (Wildman–Crippen MR) is 84.6 cm³/mol. The van der Waals surface area contributed by atoms with Gasteiger partial charge in [-0.2, -0.15) is 0 Å². The van der Waals surface area contributed by atoms with Crippen molar-refractivity contribution in [1.29, 1.82) is 0 Å². The van der Waals surface area contributed by atoms with Gasteiger partial charge in [-0.1, -0.05) is 0 Å². The average molecular weight is 287 g/mol. The molecule has 0 atom stereocenters. The minimum Gasteiger partial charge on any atom is -0.370 e. The highest BCUT2D eigenvalue weighted by Crippen LogP contribution is 2.39. The summed E-state index contributed by atoms with van der Waals surface area (Å²) in [5.41, 5.74) is 1.53. The maximum atomic E-state index is 4.87. The van der Waals surface area contributed by atoms with Crippen LogP contribution in [0.4, 0.5) is 5.82 Å². The van der Waals surface area contributed by atoms with E-state index in [9.17, 15) is 0 Å². The molecule has 3 nitrogen and oxygen atoms in total. The van der Waals surface area contributed by atoms with Crippen molar-refractivity contribution >= 4 is 27.4 Å². The van der Waals surface area contributed by atoms with Crippen molar-refractivity contribution in [1.82, 2.24) is 9.97 Å². The number of aryl methyl sites for hydroxylation is 2. The number of nitrogens with zero attached hydrogens (tertiary/aromatic N) is 2. The van der Waals surface area contributed by atoms with E-state index in [1.807, 2.05) is 11.3 Å². The molecule has 2 aliphatic rings. The summed E-state index contributed by atoms with van der Waals surface area (Å²) in [5.74, 6) is 2.98. The second-order valence-electron chi connectivity index (χ2n) is 6.06. The summed E-state index contributed by atoms with van der Waals surface area (Å²) >= 11 is 1.91. The second-order valence-corrected chi connectivity index (χ2v) is 7.14. The van der Waals surface area contributed by atoms with Gasteiger partial charge < -0.3 is 5.32 Å². The van der Waals surface area contributed by atoms with Gasteiger partial charge in [0.1, 0.15) is 16.5 Å². The Labute approximate surface area is 123 Å². The zero-order valence-corrected chi connectivity index (χ0v) is 12.9. The Hall–Kier alpha value is -1.16. The van der Waals surface area contributed by atoms with Crippen LogP contribution in [-0.2, 0) is 19.3 Å². The van der Waals surface area contributed by atoms with Crippen LogP contribution in [0.3, 0.4) is 0 Å². The number of anilines is 1. The molecule has 2 aromatic heterocycles. The van der Waals surface area contributed by atoms with Crippen LogP contribution in [0.2, 0.25) is 0 Å². The van der Waals surface area contributed by atoms with Gasteiger partial charge in [0.2, 0.25) is 0 Å². The van der Waals surface area contributed by atoms with E-state index >= 15 is 0 Å².